The summed E-state index contributed by atoms with van der Waals surface area (Å²) in [5, 5.41) is 16.0. The lowest BCUT2D eigenvalue weighted by molar-refractivity contribution is 1.08. The molecule has 0 radical (unpaired) electrons. The first kappa shape index (κ1) is 24.1. The molecule has 202 valence electrons. The van der Waals surface area contributed by atoms with Gasteiger partial charge in [0.15, 0.2) is 0 Å². The zero-order valence-electron chi connectivity index (χ0n) is 22.9. The molecule has 0 amide bonds. The first-order valence-corrected chi connectivity index (χ1v) is 15.0. The molecule has 9 rings (SSSR count). The van der Waals surface area contributed by atoms with Crippen molar-refractivity contribution in [2.45, 2.75) is 0 Å². The molecule has 0 bridgehead atoms. The molecule has 0 fully saturated rings. The van der Waals surface area contributed by atoms with E-state index in [1.165, 1.54) is 10.8 Å². The fourth-order valence-corrected chi connectivity index (χ4v) is 7.19. The van der Waals surface area contributed by atoms with E-state index in [9.17, 15) is 0 Å². The summed E-state index contributed by atoms with van der Waals surface area (Å²) in [6, 6.07) is 46.3. The van der Waals surface area contributed by atoms with E-state index in [0.717, 1.165) is 71.1 Å². The number of hydrogen-bond acceptors (Lipinski definition) is 4. The van der Waals surface area contributed by atoms with Crippen molar-refractivity contribution in [2.75, 3.05) is 0 Å². The van der Waals surface area contributed by atoms with Crippen LogP contribution in [0.1, 0.15) is 0 Å². The molecule has 5 aromatic carbocycles. The molecule has 0 spiro atoms. The van der Waals surface area contributed by atoms with Gasteiger partial charge in [-0.25, -0.2) is 4.98 Å². The second-order valence-corrected chi connectivity index (χ2v) is 11.6. The fourth-order valence-electron chi connectivity index (χ4n) is 6.28. The number of benzene rings is 5. The third-order valence-electron chi connectivity index (χ3n) is 8.15. The van der Waals surface area contributed by atoms with Gasteiger partial charge >= 0.3 is 0 Å². The van der Waals surface area contributed by atoms with E-state index in [1.807, 2.05) is 18.2 Å². The maximum Gasteiger partial charge on any atom is 0.148 e. The van der Waals surface area contributed by atoms with E-state index in [0.29, 0.717) is 0 Å². The lowest BCUT2D eigenvalue weighted by Gasteiger charge is -2.09. The van der Waals surface area contributed by atoms with Crippen LogP contribution in [-0.2, 0) is 0 Å². The summed E-state index contributed by atoms with van der Waals surface area (Å²) in [7, 11) is 0. The van der Waals surface area contributed by atoms with Gasteiger partial charge in [-0.05, 0) is 36.4 Å². The van der Waals surface area contributed by atoms with Crippen LogP contribution >= 0.6 is 11.3 Å². The van der Waals surface area contributed by atoms with Crippen molar-refractivity contribution in [3.8, 4) is 38.2 Å². The third-order valence-corrected chi connectivity index (χ3v) is 9.14. The number of aromatic amines is 1. The second kappa shape index (κ2) is 9.48. The van der Waals surface area contributed by atoms with Crippen LogP contribution in [0.4, 0.5) is 0 Å². The molecule has 4 heterocycles. The molecule has 0 atom stereocenters. The predicted molar refractivity (Wildman–Crippen MR) is 178 cm³/mol. The zero-order chi connectivity index (χ0) is 28.3. The Labute approximate surface area is 250 Å². The predicted octanol–water partition coefficient (Wildman–Crippen LogP) is 9.67. The minimum Gasteiger partial charge on any atom is -0.354 e. The molecular weight excluding hydrogens is 547 g/mol. The number of aromatic nitrogens is 5. The lowest BCUT2D eigenvalue weighted by Crippen LogP contribution is -1.98. The van der Waals surface area contributed by atoms with Crippen molar-refractivity contribution in [1.82, 2.24) is 24.7 Å². The van der Waals surface area contributed by atoms with Crippen LogP contribution in [0.15, 0.2) is 133 Å². The topological polar surface area (TPSA) is 59.4 Å². The molecular formula is C37H23N5S. The molecule has 6 heteroatoms. The van der Waals surface area contributed by atoms with E-state index in [-0.39, 0.29) is 0 Å². The average Bonchev–Trinajstić information content (AvgIpc) is 3.79. The molecule has 43 heavy (non-hydrogen) atoms. The molecule has 0 aliphatic heterocycles. The van der Waals surface area contributed by atoms with Crippen LogP contribution in [0.2, 0.25) is 0 Å². The molecule has 9 aromatic rings. The molecule has 1 N–H and O–H groups in total. The summed E-state index contributed by atoms with van der Waals surface area (Å²) in [5.41, 5.74) is 8.63. The zero-order valence-corrected chi connectivity index (χ0v) is 23.7. The number of fused-ring (bicyclic) bond motifs is 6. The van der Waals surface area contributed by atoms with Gasteiger partial charge in [0.2, 0.25) is 0 Å². The summed E-state index contributed by atoms with van der Waals surface area (Å²) >= 11 is 1.63. The lowest BCUT2D eigenvalue weighted by atomic mass is 10.1. The van der Waals surface area contributed by atoms with Crippen LogP contribution in [0.5, 0.6) is 0 Å². The van der Waals surface area contributed by atoms with Gasteiger partial charge in [-0.1, -0.05) is 108 Å². The summed E-state index contributed by atoms with van der Waals surface area (Å²) in [5.74, 6) is 0.883. The van der Waals surface area contributed by atoms with Crippen molar-refractivity contribution in [1.29, 1.82) is 0 Å². The van der Waals surface area contributed by atoms with Gasteiger partial charge in [0.25, 0.3) is 0 Å². The molecule has 0 saturated carbocycles. The minimum atomic E-state index is 0.883. The number of para-hydroxylation sites is 2. The number of hydrogen-bond donors (Lipinski definition) is 1. The van der Waals surface area contributed by atoms with Gasteiger partial charge in [0.05, 0.1) is 16.7 Å². The Morgan fingerprint density at radius 3 is 2.02 bits per heavy atom. The highest BCUT2D eigenvalue weighted by Gasteiger charge is 2.20. The Kier molecular flexibility index (Phi) is 5.30. The Balaban J connectivity index is 1.24. The van der Waals surface area contributed by atoms with Crippen LogP contribution in [-0.4, -0.2) is 24.7 Å². The van der Waals surface area contributed by atoms with Crippen LogP contribution in [0.25, 0.3) is 81.8 Å². The summed E-state index contributed by atoms with van der Waals surface area (Å²) < 4.78 is 2.26. The normalized spacial score (nSPS) is 11.7. The first-order chi connectivity index (χ1) is 21.3. The third kappa shape index (κ3) is 3.74. The smallest absolute Gasteiger partial charge is 0.148 e. The number of nitrogens with zero attached hydrogens (tertiary/aromatic N) is 4. The van der Waals surface area contributed by atoms with Gasteiger partial charge in [0.1, 0.15) is 15.8 Å². The molecule has 0 unspecified atom stereocenters. The maximum absolute atomic E-state index is 5.12. The second-order valence-electron chi connectivity index (χ2n) is 10.6. The monoisotopic (exact) mass is 569 g/mol. The Hall–Kier alpha value is -5.59. The van der Waals surface area contributed by atoms with E-state index in [2.05, 4.69) is 125 Å². The number of H-pyrrole nitrogens is 1. The van der Waals surface area contributed by atoms with Crippen molar-refractivity contribution >= 4 is 54.9 Å². The number of rotatable bonds is 4. The Morgan fingerprint density at radius 1 is 0.512 bits per heavy atom. The average molecular weight is 570 g/mol. The molecule has 0 saturated heterocycles. The molecule has 5 nitrogen and oxygen atoms in total. The summed E-state index contributed by atoms with van der Waals surface area (Å²) in [4.78, 5) is 8.67. The largest absolute Gasteiger partial charge is 0.354 e. The van der Waals surface area contributed by atoms with E-state index >= 15 is 0 Å². The first-order valence-electron chi connectivity index (χ1n) is 14.2. The molecule has 0 aliphatic rings. The van der Waals surface area contributed by atoms with Crippen molar-refractivity contribution < 1.29 is 0 Å². The Morgan fingerprint density at radius 2 is 1.16 bits per heavy atom. The fraction of sp³-hybridized carbons (Fsp3) is 0. The quantitative estimate of drug-likeness (QED) is 0.230. The number of pyridine rings is 1. The highest BCUT2D eigenvalue weighted by Crippen LogP contribution is 2.42. The highest BCUT2D eigenvalue weighted by atomic mass is 32.1. The Bertz CT molecular complexity index is 2470. The van der Waals surface area contributed by atoms with Crippen molar-refractivity contribution in [2.24, 2.45) is 0 Å². The summed E-state index contributed by atoms with van der Waals surface area (Å²) in [6.07, 6.45) is 0. The van der Waals surface area contributed by atoms with Crippen LogP contribution < -0.4 is 0 Å². The SMILES string of the molecule is c1ccc(-c2cccc(-n3c4ccccc4c4c(-c5nnc(-c6cccc7[nH]c8ccccc8c67)s5)cccc43)n2)cc1. The van der Waals surface area contributed by atoms with Crippen LogP contribution in [0.3, 0.4) is 0 Å². The molecule has 0 aliphatic carbocycles. The van der Waals surface area contributed by atoms with E-state index in [4.69, 9.17) is 15.2 Å². The minimum absolute atomic E-state index is 0.883. The molecule has 4 aromatic heterocycles. The van der Waals surface area contributed by atoms with Gasteiger partial charge in [0, 0.05) is 49.3 Å². The van der Waals surface area contributed by atoms with Gasteiger partial charge in [-0.3, -0.25) is 4.57 Å². The highest BCUT2D eigenvalue weighted by molar-refractivity contribution is 7.18. The van der Waals surface area contributed by atoms with Crippen LogP contribution in [0, 0.1) is 0 Å². The van der Waals surface area contributed by atoms with Crippen molar-refractivity contribution in [3.63, 3.8) is 0 Å². The van der Waals surface area contributed by atoms with E-state index < -0.39 is 0 Å². The standard InChI is InChI=1S/C37H23N5S/c1-2-11-23(12-3-1)28-18-10-22-33(39-28)42-31-20-7-5-14-25(31)35-27(16-9-21-32(35)42)37-41-40-36(43-37)26-15-8-19-30-34(26)24-13-4-6-17-29(24)38-30/h1-22,38H. The van der Waals surface area contributed by atoms with Gasteiger partial charge in [-0.15, -0.1) is 10.2 Å². The van der Waals surface area contributed by atoms with Gasteiger partial charge < -0.3 is 4.98 Å². The number of nitrogens with one attached hydrogen (secondary N) is 1. The van der Waals surface area contributed by atoms with E-state index in [1.54, 1.807) is 11.3 Å². The van der Waals surface area contributed by atoms with Gasteiger partial charge in [-0.2, -0.15) is 0 Å². The van der Waals surface area contributed by atoms with Crippen molar-refractivity contribution in [3.05, 3.63) is 133 Å². The summed E-state index contributed by atoms with van der Waals surface area (Å²) in [6.45, 7) is 0. The maximum atomic E-state index is 5.12.